The van der Waals surface area contributed by atoms with Crippen molar-refractivity contribution in [3.63, 3.8) is 0 Å². The molecule has 1 aliphatic heterocycles. The second-order valence-electron chi connectivity index (χ2n) is 6.26. The third-order valence-electron chi connectivity index (χ3n) is 4.16. The Morgan fingerprint density at radius 2 is 2.17 bits per heavy atom. The summed E-state index contributed by atoms with van der Waals surface area (Å²) >= 11 is 5.19. The number of carbonyl (C=O) groups is 1. The van der Waals surface area contributed by atoms with E-state index in [4.69, 9.17) is 21.4 Å². The lowest BCUT2D eigenvalue weighted by Crippen LogP contribution is -2.31. The van der Waals surface area contributed by atoms with Crippen molar-refractivity contribution in [3.05, 3.63) is 63.5 Å². The van der Waals surface area contributed by atoms with Crippen molar-refractivity contribution in [2.75, 3.05) is 6.54 Å². The van der Waals surface area contributed by atoms with E-state index in [2.05, 4.69) is 5.32 Å². The molecule has 2 aromatic rings. The van der Waals surface area contributed by atoms with Crippen molar-refractivity contribution in [2.24, 2.45) is 0 Å². The predicted octanol–water partition coefficient (Wildman–Crippen LogP) is 3.76. The molecule has 0 saturated carbocycles. The number of nitro groups is 1. The van der Waals surface area contributed by atoms with Gasteiger partial charge in [0, 0.05) is 24.8 Å². The topological polar surface area (TPSA) is 97.9 Å². The van der Waals surface area contributed by atoms with Gasteiger partial charge in [0.2, 0.25) is 0 Å². The number of furan rings is 1. The zero-order valence-corrected chi connectivity index (χ0v) is 16.3. The highest BCUT2D eigenvalue weighted by molar-refractivity contribution is 7.80. The molecule has 1 amide bonds. The van der Waals surface area contributed by atoms with E-state index in [0.29, 0.717) is 28.9 Å². The maximum atomic E-state index is 13.4. The van der Waals surface area contributed by atoms with Gasteiger partial charge in [0.15, 0.2) is 10.9 Å². The van der Waals surface area contributed by atoms with Crippen LogP contribution >= 0.6 is 12.2 Å². The van der Waals surface area contributed by atoms with E-state index in [0.717, 1.165) is 31.0 Å². The molecule has 0 aliphatic carbocycles. The molecule has 1 aliphatic rings. The Hall–Kier alpha value is -3.27. The summed E-state index contributed by atoms with van der Waals surface area (Å²) in [5.74, 6) is -0.339. The molecule has 1 N–H and O–H groups in total. The number of hydrogen-bond acceptors (Lipinski definition) is 6. The molecule has 152 valence electrons. The SMILES string of the molecule is CCCCN1C(=O)/C(=C\c2ccc(COc3cc(F)ccc3[N+](=O)[O-])o2)NC1=S. The van der Waals surface area contributed by atoms with Gasteiger partial charge in [-0.25, -0.2) is 4.39 Å². The van der Waals surface area contributed by atoms with Gasteiger partial charge in [0.05, 0.1) is 4.92 Å². The molecule has 29 heavy (non-hydrogen) atoms. The summed E-state index contributed by atoms with van der Waals surface area (Å²) in [7, 11) is 0. The lowest BCUT2D eigenvalue weighted by atomic mass is 10.3. The summed E-state index contributed by atoms with van der Waals surface area (Å²) in [5.41, 5.74) is -0.0459. The van der Waals surface area contributed by atoms with Crippen molar-refractivity contribution in [1.29, 1.82) is 0 Å². The van der Waals surface area contributed by atoms with Crippen LogP contribution < -0.4 is 10.1 Å². The number of benzene rings is 1. The lowest BCUT2D eigenvalue weighted by molar-refractivity contribution is -0.386. The number of ether oxygens (including phenoxy) is 1. The number of nitro benzene ring substituents is 1. The normalized spacial score (nSPS) is 15.1. The molecule has 1 aromatic carbocycles. The summed E-state index contributed by atoms with van der Waals surface area (Å²) in [6.45, 7) is 2.43. The van der Waals surface area contributed by atoms with Crippen molar-refractivity contribution in [2.45, 2.75) is 26.4 Å². The van der Waals surface area contributed by atoms with Gasteiger partial charge < -0.3 is 14.5 Å². The monoisotopic (exact) mass is 419 g/mol. The van der Waals surface area contributed by atoms with E-state index < -0.39 is 10.7 Å². The highest BCUT2D eigenvalue weighted by Gasteiger charge is 2.30. The number of rotatable bonds is 8. The maximum absolute atomic E-state index is 13.4. The lowest BCUT2D eigenvalue weighted by Gasteiger charge is -2.12. The third kappa shape index (κ3) is 4.77. The first kappa shape index (κ1) is 20.5. The van der Waals surface area contributed by atoms with Crippen molar-refractivity contribution in [3.8, 4) is 5.75 Å². The Balaban J connectivity index is 1.68. The minimum Gasteiger partial charge on any atom is -0.479 e. The molecule has 8 nitrogen and oxygen atoms in total. The molecule has 0 bridgehead atoms. The Bertz CT molecular complexity index is 988. The van der Waals surface area contributed by atoms with Gasteiger partial charge in [-0.05, 0) is 36.8 Å². The van der Waals surface area contributed by atoms with Crippen LogP contribution in [0.2, 0.25) is 0 Å². The Kier molecular flexibility index (Phi) is 6.23. The quantitative estimate of drug-likeness (QED) is 0.301. The fraction of sp³-hybridized carbons (Fsp3) is 0.263. The van der Waals surface area contributed by atoms with E-state index in [1.165, 1.54) is 11.0 Å². The highest BCUT2D eigenvalue weighted by Crippen LogP contribution is 2.28. The maximum Gasteiger partial charge on any atom is 0.311 e. The molecule has 0 radical (unpaired) electrons. The highest BCUT2D eigenvalue weighted by atomic mass is 32.1. The Morgan fingerprint density at radius 3 is 2.90 bits per heavy atom. The smallest absolute Gasteiger partial charge is 0.311 e. The molecule has 1 fully saturated rings. The standard InChI is InChI=1S/C19H18FN3O5S/c1-2-3-8-22-18(24)15(21-19(22)29)10-13-5-6-14(28-13)11-27-17-9-12(20)4-7-16(17)23(25)26/h4-7,9-10H,2-3,8,11H2,1H3,(H,21,29)/b15-10+. The molecule has 0 atom stereocenters. The van der Waals surface area contributed by atoms with Crippen LogP contribution in [-0.4, -0.2) is 27.4 Å². The number of carbonyl (C=O) groups excluding carboxylic acids is 1. The molecular formula is C19H18FN3O5S. The fourth-order valence-electron chi connectivity index (χ4n) is 2.69. The van der Waals surface area contributed by atoms with Crippen LogP contribution in [0, 0.1) is 15.9 Å². The van der Waals surface area contributed by atoms with Crippen LogP contribution in [-0.2, 0) is 11.4 Å². The molecule has 0 unspecified atom stereocenters. The molecular weight excluding hydrogens is 401 g/mol. The molecule has 1 saturated heterocycles. The van der Waals surface area contributed by atoms with Gasteiger partial charge in [-0.3, -0.25) is 19.8 Å². The molecule has 2 heterocycles. The number of thiocarbonyl (C=S) groups is 1. The molecule has 1 aromatic heterocycles. The minimum atomic E-state index is -0.655. The van der Waals surface area contributed by atoms with Gasteiger partial charge in [-0.1, -0.05) is 13.3 Å². The summed E-state index contributed by atoms with van der Waals surface area (Å²) < 4.78 is 24.3. The summed E-state index contributed by atoms with van der Waals surface area (Å²) in [4.78, 5) is 24.3. The van der Waals surface area contributed by atoms with Gasteiger partial charge in [-0.2, -0.15) is 0 Å². The fourth-order valence-corrected chi connectivity index (χ4v) is 2.97. The summed E-state index contributed by atoms with van der Waals surface area (Å²) in [5, 5.41) is 14.2. The zero-order chi connectivity index (χ0) is 21.0. The van der Waals surface area contributed by atoms with Crippen LogP contribution in [0.5, 0.6) is 5.75 Å². The second kappa shape index (κ2) is 8.82. The van der Waals surface area contributed by atoms with Crippen LogP contribution in [0.4, 0.5) is 10.1 Å². The predicted molar refractivity (Wildman–Crippen MR) is 106 cm³/mol. The average Bonchev–Trinajstić information content (AvgIpc) is 3.23. The Morgan fingerprint density at radius 1 is 1.38 bits per heavy atom. The largest absolute Gasteiger partial charge is 0.479 e. The summed E-state index contributed by atoms with van der Waals surface area (Å²) in [6.07, 6.45) is 3.31. The molecule has 10 heteroatoms. The van der Waals surface area contributed by atoms with Gasteiger partial charge in [0.25, 0.3) is 5.91 Å². The Labute approximate surface area is 171 Å². The summed E-state index contributed by atoms with van der Waals surface area (Å²) in [6, 6.07) is 6.19. The van der Waals surface area contributed by atoms with Gasteiger partial charge in [-0.15, -0.1) is 0 Å². The average molecular weight is 419 g/mol. The van der Waals surface area contributed by atoms with Crippen LogP contribution in [0.1, 0.15) is 31.3 Å². The first-order valence-electron chi connectivity index (χ1n) is 8.89. The zero-order valence-electron chi connectivity index (χ0n) is 15.5. The number of amides is 1. The number of nitrogens with one attached hydrogen (secondary N) is 1. The van der Waals surface area contributed by atoms with E-state index in [1.807, 2.05) is 6.92 Å². The van der Waals surface area contributed by atoms with Crippen LogP contribution in [0.3, 0.4) is 0 Å². The van der Waals surface area contributed by atoms with E-state index >= 15 is 0 Å². The second-order valence-corrected chi connectivity index (χ2v) is 6.65. The third-order valence-corrected chi connectivity index (χ3v) is 4.48. The van der Waals surface area contributed by atoms with E-state index in [1.54, 1.807) is 12.1 Å². The first-order valence-corrected chi connectivity index (χ1v) is 9.30. The first-order chi connectivity index (χ1) is 13.9. The number of nitrogens with zero attached hydrogens (tertiary/aromatic N) is 2. The number of halogens is 1. The van der Waals surface area contributed by atoms with Crippen LogP contribution in [0.15, 0.2) is 40.4 Å². The number of unbranched alkanes of at least 4 members (excludes halogenated alkanes) is 1. The van der Waals surface area contributed by atoms with Gasteiger partial charge >= 0.3 is 5.69 Å². The van der Waals surface area contributed by atoms with E-state index in [9.17, 15) is 19.3 Å². The molecule has 0 spiro atoms. The number of hydrogen-bond donors (Lipinski definition) is 1. The van der Waals surface area contributed by atoms with Gasteiger partial charge in [0.1, 0.15) is 29.6 Å². The van der Waals surface area contributed by atoms with Crippen molar-refractivity contribution < 1.29 is 23.3 Å². The van der Waals surface area contributed by atoms with Crippen LogP contribution in [0.25, 0.3) is 6.08 Å². The van der Waals surface area contributed by atoms with Crippen molar-refractivity contribution >= 4 is 35.0 Å². The molecule has 3 rings (SSSR count). The minimum absolute atomic E-state index is 0.143. The van der Waals surface area contributed by atoms with Crippen molar-refractivity contribution in [1.82, 2.24) is 10.2 Å². The van der Waals surface area contributed by atoms with E-state index in [-0.39, 0.29) is 24.0 Å².